The minimum Gasteiger partial charge on any atom is -0.319 e. The predicted molar refractivity (Wildman–Crippen MR) is 63.1 cm³/mol. The number of hydrogen-bond acceptors (Lipinski definition) is 4. The molecule has 1 atom stereocenters. The summed E-state index contributed by atoms with van der Waals surface area (Å²) in [4.78, 5) is 19.3. The lowest BCUT2D eigenvalue weighted by Crippen LogP contribution is -2.45. The average Bonchev–Trinajstić information content (AvgIpc) is 2.15. The Morgan fingerprint density at radius 2 is 2.12 bits per heavy atom. The molecule has 0 saturated carbocycles. The van der Waals surface area contributed by atoms with Gasteiger partial charge in [0.15, 0.2) is 0 Å². The average molecular weight is 243 g/mol. The molecule has 0 fully saturated rings. The molecule has 0 saturated heterocycles. The fourth-order valence-electron chi connectivity index (χ4n) is 0.999. The van der Waals surface area contributed by atoms with Gasteiger partial charge in [0, 0.05) is 6.07 Å². The highest BCUT2D eigenvalue weighted by molar-refractivity contribution is 6.29. The van der Waals surface area contributed by atoms with Crippen molar-refractivity contribution < 1.29 is 4.79 Å². The Morgan fingerprint density at radius 3 is 2.62 bits per heavy atom. The number of nitrogens with one attached hydrogen (secondary N) is 1. The summed E-state index contributed by atoms with van der Waals surface area (Å²) < 4.78 is 0. The van der Waals surface area contributed by atoms with E-state index in [-0.39, 0.29) is 16.5 Å². The van der Waals surface area contributed by atoms with E-state index in [0.717, 1.165) is 0 Å². The Hall–Kier alpha value is -1.20. The van der Waals surface area contributed by atoms with Crippen LogP contribution in [0.2, 0.25) is 5.15 Å². The summed E-state index contributed by atoms with van der Waals surface area (Å²) in [7, 11) is 0. The number of hydrogen-bond donors (Lipinski definition) is 2. The minimum atomic E-state index is -0.610. The van der Waals surface area contributed by atoms with Crippen LogP contribution in [0.3, 0.4) is 0 Å². The van der Waals surface area contributed by atoms with Gasteiger partial charge in [0.2, 0.25) is 5.91 Å². The number of carbonyl (C=O) groups is 1. The zero-order valence-electron chi connectivity index (χ0n) is 9.49. The Kier molecular flexibility index (Phi) is 3.83. The van der Waals surface area contributed by atoms with E-state index in [1.165, 1.54) is 12.4 Å². The monoisotopic (exact) mass is 242 g/mol. The fraction of sp³-hybridized carbons (Fsp3) is 0.500. The van der Waals surface area contributed by atoms with Crippen molar-refractivity contribution >= 4 is 23.3 Å². The molecule has 0 aliphatic heterocycles. The van der Waals surface area contributed by atoms with Crippen LogP contribution in [0.4, 0.5) is 5.82 Å². The molecule has 0 spiro atoms. The molecule has 16 heavy (non-hydrogen) atoms. The Balaban J connectivity index is 2.72. The molecule has 0 aliphatic rings. The van der Waals surface area contributed by atoms with Crippen LogP contribution in [0.5, 0.6) is 0 Å². The molecule has 1 heterocycles. The SMILES string of the molecule is CC(C)(C)C(N)C(=O)Nc1cc(Cl)ncn1. The topological polar surface area (TPSA) is 80.9 Å². The van der Waals surface area contributed by atoms with Crippen LogP contribution < -0.4 is 11.1 Å². The predicted octanol–water partition coefficient (Wildman–Crippen LogP) is 1.44. The second-order valence-electron chi connectivity index (χ2n) is 4.56. The van der Waals surface area contributed by atoms with Crippen LogP contribution in [0.15, 0.2) is 12.4 Å². The summed E-state index contributed by atoms with van der Waals surface area (Å²) in [6.45, 7) is 5.68. The lowest BCUT2D eigenvalue weighted by molar-refractivity contribution is -0.119. The molecule has 6 heteroatoms. The van der Waals surface area contributed by atoms with E-state index >= 15 is 0 Å². The second kappa shape index (κ2) is 4.76. The van der Waals surface area contributed by atoms with E-state index < -0.39 is 6.04 Å². The number of halogens is 1. The lowest BCUT2D eigenvalue weighted by Gasteiger charge is -2.25. The first-order chi connectivity index (χ1) is 7.30. The Bertz CT molecular complexity index is 389. The van der Waals surface area contributed by atoms with Gasteiger partial charge in [-0.15, -0.1) is 0 Å². The quantitative estimate of drug-likeness (QED) is 0.769. The van der Waals surface area contributed by atoms with Gasteiger partial charge in [0.25, 0.3) is 0 Å². The third kappa shape index (κ3) is 3.43. The molecule has 1 rings (SSSR count). The van der Waals surface area contributed by atoms with Crippen molar-refractivity contribution in [2.45, 2.75) is 26.8 Å². The summed E-state index contributed by atoms with van der Waals surface area (Å²) in [5.74, 6) is 0.0620. The lowest BCUT2D eigenvalue weighted by atomic mass is 9.87. The number of anilines is 1. The summed E-state index contributed by atoms with van der Waals surface area (Å²) in [6, 6.07) is 0.857. The van der Waals surface area contributed by atoms with Crippen molar-refractivity contribution in [1.82, 2.24) is 9.97 Å². The van der Waals surface area contributed by atoms with E-state index in [4.69, 9.17) is 17.3 Å². The fourth-order valence-corrected chi connectivity index (χ4v) is 1.15. The maximum Gasteiger partial charge on any atom is 0.242 e. The van der Waals surface area contributed by atoms with Gasteiger partial charge in [-0.2, -0.15) is 0 Å². The van der Waals surface area contributed by atoms with Crippen molar-refractivity contribution in [3.05, 3.63) is 17.5 Å². The van der Waals surface area contributed by atoms with E-state index in [1.54, 1.807) is 0 Å². The maximum absolute atomic E-state index is 11.7. The number of nitrogens with two attached hydrogens (primary N) is 1. The largest absolute Gasteiger partial charge is 0.319 e. The zero-order chi connectivity index (χ0) is 12.3. The van der Waals surface area contributed by atoms with Crippen LogP contribution in [-0.2, 0) is 4.79 Å². The van der Waals surface area contributed by atoms with Crippen molar-refractivity contribution in [3.8, 4) is 0 Å². The van der Waals surface area contributed by atoms with Crippen LogP contribution in [0.1, 0.15) is 20.8 Å². The Labute approximate surface area is 99.4 Å². The molecule has 1 amide bonds. The molecule has 1 aromatic heterocycles. The molecule has 0 aromatic carbocycles. The maximum atomic E-state index is 11.7. The van der Waals surface area contributed by atoms with Crippen LogP contribution in [-0.4, -0.2) is 21.9 Å². The summed E-state index contributed by atoms with van der Waals surface area (Å²) >= 11 is 5.66. The van der Waals surface area contributed by atoms with Gasteiger partial charge >= 0.3 is 0 Å². The number of nitrogens with zero attached hydrogens (tertiary/aromatic N) is 2. The van der Waals surface area contributed by atoms with E-state index in [0.29, 0.717) is 5.82 Å². The summed E-state index contributed by atoms with van der Waals surface area (Å²) in [6.07, 6.45) is 1.28. The van der Waals surface area contributed by atoms with E-state index in [1.807, 2.05) is 20.8 Å². The first kappa shape index (κ1) is 12.9. The first-order valence-electron chi connectivity index (χ1n) is 4.84. The highest BCUT2D eigenvalue weighted by Gasteiger charge is 2.27. The molecular formula is C10H15ClN4O. The van der Waals surface area contributed by atoms with Gasteiger partial charge in [-0.05, 0) is 5.41 Å². The summed E-state index contributed by atoms with van der Waals surface area (Å²) in [5, 5.41) is 2.86. The smallest absolute Gasteiger partial charge is 0.242 e. The third-order valence-corrected chi connectivity index (χ3v) is 2.31. The molecule has 1 aromatic rings. The zero-order valence-corrected chi connectivity index (χ0v) is 10.2. The van der Waals surface area contributed by atoms with Crippen LogP contribution in [0, 0.1) is 5.41 Å². The molecule has 0 aliphatic carbocycles. The van der Waals surface area contributed by atoms with Crippen LogP contribution >= 0.6 is 11.6 Å². The first-order valence-corrected chi connectivity index (χ1v) is 5.22. The van der Waals surface area contributed by atoms with E-state index in [9.17, 15) is 4.79 Å². The van der Waals surface area contributed by atoms with Crippen molar-refractivity contribution in [3.63, 3.8) is 0 Å². The molecule has 5 nitrogen and oxygen atoms in total. The number of carbonyl (C=O) groups excluding carboxylic acids is 1. The van der Waals surface area contributed by atoms with Gasteiger partial charge in [-0.1, -0.05) is 32.4 Å². The molecule has 0 bridgehead atoms. The number of rotatable bonds is 2. The van der Waals surface area contributed by atoms with Gasteiger partial charge in [0.05, 0.1) is 6.04 Å². The molecule has 3 N–H and O–H groups in total. The molecule has 1 unspecified atom stereocenters. The van der Waals surface area contributed by atoms with Gasteiger partial charge < -0.3 is 11.1 Å². The van der Waals surface area contributed by atoms with E-state index in [2.05, 4.69) is 15.3 Å². The standard InChI is InChI=1S/C10H15ClN4O/c1-10(2,3)8(12)9(16)15-7-4-6(11)13-5-14-7/h4-5,8H,12H2,1-3H3,(H,13,14,15,16). The number of amides is 1. The van der Waals surface area contributed by atoms with Gasteiger partial charge in [-0.3, -0.25) is 4.79 Å². The van der Waals surface area contributed by atoms with Crippen molar-refractivity contribution in [2.24, 2.45) is 11.1 Å². The Morgan fingerprint density at radius 1 is 1.50 bits per heavy atom. The normalized spacial score (nSPS) is 13.3. The third-order valence-electron chi connectivity index (χ3n) is 2.10. The van der Waals surface area contributed by atoms with Gasteiger partial charge in [0.1, 0.15) is 17.3 Å². The number of aromatic nitrogens is 2. The van der Waals surface area contributed by atoms with Gasteiger partial charge in [-0.25, -0.2) is 9.97 Å². The molecular weight excluding hydrogens is 228 g/mol. The minimum absolute atomic E-state index is 0.273. The summed E-state index contributed by atoms with van der Waals surface area (Å²) in [5.41, 5.74) is 5.49. The highest BCUT2D eigenvalue weighted by atomic mass is 35.5. The van der Waals surface area contributed by atoms with Crippen LogP contribution in [0.25, 0.3) is 0 Å². The highest BCUT2D eigenvalue weighted by Crippen LogP contribution is 2.18. The van der Waals surface area contributed by atoms with Crippen molar-refractivity contribution in [2.75, 3.05) is 5.32 Å². The second-order valence-corrected chi connectivity index (χ2v) is 4.95. The van der Waals surface area contributed by atoms with Crippen molar-refractivity contribution in [1.29, 1.82) is 0 Å². The molecule has 0 radical (unpaired) electrons. The molecule has 88 valence electrons.